The van der Waals surface area contributed by atoms with Gasteiger partial charge in [-0.25, -0.2) is 0 Å². The summed E-state index contributed by atoms with van der Waals surface area (Å²) in [7, 11) is 3.51. The number of para-hydroxylation sites is 2. The summed E-state index contributed by atoms with van der Waals surface area (Å²) in [6.45, 7) is 8.24. The first kappa shape index (κ1) is 17.5. The summed E-state index contributed by atoms with van der Waals surface area (Å²) in [6, 6.07) is 8.49. The minimum absolute atomic E-state index is 0.881. The lowest BCUT2D eigenvalue weighted by atomic mass is 9.94. The second-order valence-corrected chi connectivity index (χ2v) is 6.64. The Kier molecular flexibility index (Phi) is 5.07. The highest BCUT2D eigenvalue weighted by molar-refractivity contribution is 5.74. The first-order chi connectivity index (χ1) is 12.1. The van der Waals surface area contributed by atoms with Crippen LogP contribution in [0.2, 0.25) is 0 Å². The third-order valence-corrected chi connectivity index (χ3v) is 5.28. The van der Waals surface area contributed by atoms with E-state index in [1.807, 2.05) is 0 Å². The van der Waals surface area contributed by atoms with Gasteiger partial charge in [0.2, 0.25) is 0 Å². The molecule has 0 amide bonds. The van der Waals surface area contributed by atoms with Crippen LogP contribution < -0.4 is 19.7 Å². The summed E-state index contributed by atoms with van der Waals surface area (Å²) in [5.41, 5.74) is 7.32. The van der Waals surface area contributed by atoms with Crippen molar-refractivity contribution >= 4 is 11.4 Å². The van der Waals surface area contributed by atoms with Gasteiger partial charge in [0.15, 0.2) is 0 Å². The number of methoxy groups -OCH3 is 2. The van der Waals surface area contributed by atoms with Gasteiger partial charge >= 0.3 is 0 Å². The van der Waals surface area contributed by atoms with Crippen LogP contribution in [-0.4, -0.2) is 27.4 Å². The highest BCUT2D eigenvalue weighted by atomic mass is 16.5. The molecule has 0 radical (unpaired) electrons. The summed E-state index contributed by atoms with van der Waals surface area (Å²) in [6.07, 6.45) is 2.05. The second kappa shape index (κ2) is 7.26. The number of fused-ring (bicyclic) bond motifs is 1. The van der Waals surface area contributed by atoms with Crippen molar-refractivity contribution < 1.29 is 9.47 Å². The highest BCUT2D eigenvalue weighted by Gasteiger charge is 2.20. The van der Waals surface area contributed by atoms with Crippen molar-refractivity contribution in [1.29, 1.82) is 0 Å². The third kappa shape index (κ3) is 3.13. The van der Waals surface area contributed by atoms with Crippen LogP contribution in [0.4, 0.5) is 11.4 Å². The number of nitrogens with one attached hydrogen (secondary N) is 1. The fourth-order valence-corrected chi connectivity index (χ4v) is 3.85. The molecule has 1 aliphatic heterocycles. The van der Waals surface area contributed by atoms with Gasteiger partial charge in [0.1, 0.15) is 11.5 Å². The zero-order valence-electron chi connectivity index (χ0n) is 15.9. The minimum atomic E-state index is 0.881. The Bertz CT molecular complexity index is 771. The number of hydrogen-bond acceptors (Lipinski definition) is 4. The van der Waals surface area contributed by atoms with Gasteiger partial charge in [-0.15, -0.1) is 0 Å². The molecule has 1 N–H and O–H groups in total. The van der Waals surface area contributed by atoms with Crippen LogP contribution in [0.5, 0.6) is 11.5 Å². The van der Waals surface area contributed by atoms with E-state index in [1.54, 1.807) is 14.2 Å². The zero-order chi connectivity index (χ0) is 18.0. The molecule has 0 saturated carbocycles. The molecule has 4 nitrogen and oxygen atoms in total. The number of ether oxygens (including phenoxy) is 2. The van der Waals surface area contributed by atoms with Crippen LogP contribution >= 0.6 is 0 Å². The zero-order valence-corrected chi connectivity index (χ0v) is 15.9. The normalized spacial score (nSPS) is 12.8. The third-order valence-electron chi connectivity index (χ3n) is 5.28. The van der Waals surface area contributed by atoms with Gasteiger partial charge in [0.25, 0.3) is 0 Å². The van der Waals surface area contributed by atoms with Crippen LogP contribution in [0.25, 0.3) is 0 Å². The Balaban J connectivity index is 1.77. The van der Waals surface area contributed by atoms with Crippen LogP contribution in [-0.2, 0) is 6.42 Å². The summed E-state index contributed by atoms with van der Waals surface area (Å²) in [5, 5.41) is 3.45. The molecular weight excluding hydrogens is 312 g/mol. The van der Waals surface area contributed by atoms with Crippen molar-refractivity contribution in [1.82, 2.24) is 0 Å². The van der Waals surface area contributed by atoms with Crippen molar-refractivity contribution in [2.75, 3.05) is 37.6 Å². The Morgan fingerprint density at radius 3 is 2.36 bits per heavy atom. The molecule has 1 aliphatic rings. The van der Waals surface area contributed by atoms with E-state index in [4.69, 9.17) is 9.47 Å². The number of rotatable bonds is 6. The first-order valence-corrected chi connectivity index (χ1v) is 8.87. The van der Waals surface area contributed by atoms with E-state index in [0.717, 1.165) is 37.6 Å². The molecule has 0 aromatic heterocycles. The molecule has 4 heteroatoms. The Morgan fingerprint density at radius 2 is 1.64 bits per heavy atom. The smallest absolute Gasteiger partial charge is 0.125 e. The van der Waals surface area contributed by atoms with Gasteiger partial charge in [-0.1, -0.05) is 12.1 Å². The fraction of sp³-hybridized carbons (Fsp3) is 0.429. The lowest BCUT2D eigenvalue weighted by Gasteiger charge is -2.22. The molecule has 0 atom stereocenters. The van der Waals surface area contributed by atoms with Crippen molar-refractivity contribution in [2.45, 2.75) is 33.6 Å². The van der Waals surface area contributed by atoms with Crippen molar-refractivity contribution in [3.05, 3.63) is 46.5 Å². The molecule has 0 aliphatic carbocycles. The van der Waals surface area contributed by atoms with E-state index in [-0.39, 0.29) is 0 Å². The predicted molar refractivity (Wildman–Crippen MR) is 104 cm³/mol. The van der Waals surface area contributed by atoms with Gasteiger partial charge in [0, 0.05) is 12.1 Å². The molecule has 3 rings (SSSR count). The molecule has 1 heterocycles. The maximum atomic E-state index is 5.73. The van der Waals surface area contributed by atoms with Crippen LogP contribution in [0.3, 0.4) is 0 Å². The molecule has 134 valence electrons. The van der Waals surface area contributed by atoms with Crippen LogP contribution in [0.15, 0.2) is 24.3 Å². The van der Waals surface area contributed by atoms with E-state index >= 15 is 0 Å². The highest BCUT2D eigenvalue weighted by Crippen LogP contribution is 2.38. The largest absolute Gasteiger partial charge is 0.496 e. The average molecular weight is 340 g/mol. The quantitative estimate of drug-likeness (QED) is 0.842. The SMILES string of the molecule is COc1c(C)c(C)c(OC)c(CCCN2CNc3ccccc32)c1C. The Labute approximate surface area is 150 Å². The van der Waals surface area contributed by atoms with Gasteiger partial charge in [-0.05, 0) is 62.4 Å². The monoisotopic (exact) mass is 340 g/mol. The van der Waals surface area contributed by atoms with E-state index < -0.39 is 0 Å². The Morgan fingerprint density at radius 1 is 0.960 bits per heavy atom. The van der Waals surface area contributed by atoms with Crippen LogP contribution in [0.1, 0.15) is 28.7 Å². The first-order valence-electron chi connectivity index (χ1n) is 8.87. The minimum Gasteiger partial charge on any atom is -0.496 e. The van der Waals surface area contributed by atoms with Gasteiger partial charge in [0.05, 0.1) is 32.3 Å². The summed E-state index contributed by atoms with van der Waals surface area (Å²) in [5.74, 6) is 2.00. The molecule has 0 unspecified atom stereocenters. The van der Waals surface area contributed by atoms with E-state index in [0.29, 0.717) is 0 Å². The number of nitrogens with zero attached hydrogens (tertiary/aromatic N) is 1. The molecule has 25 heavy (non-hydrogen) atoms. The summed E-state index contributed by atoms with van der Waals surface area (Å²) >= 11 is 0. The Hall–Kier alpha value is -2.36. The van der Waals surface area contributed by atoms with E-state index in [2.05, 4.69) is 55.3 Å². The molecular formula is C21H28N2O2. The summed E-state index contributed by atoms with van der Waals surface area (Å²) in [4.78, 5) is 2.40. The van der Waals surface area contributed by atoms with E-state index in [9.17, 15) is 0 Å². The second-order valence-electron chi connectivity index (χ2n) is 6.64. The van der Waals surface area contributed by atoms with Gasteiger partial charge in [-0.2, -0.15) is 0 Å². The molecule has 0 spiro atoms. The number of anilines is 2. The lowest BCUT2D eigenvalue weighted by molar-refractivity contribution is 0.390. The maximum absolute atomic E-state index is 5.73. The maximum Gasteiger partial charge on any atom is 0.125 e. The molecule has 0 bridgehead atoms. The topological polar surface area (TPSA) is 33.7 Å². The lowest BCUT2D eigenvalue weighted by Crippen LogP contribution is -2.24. The molecule has 2 aromatic carbocycles. The van der Waals surface area contributed by atoms with E-state index in [1.165, 1.54) is 33.6 Å². The predicted octanol–water partition coefficient (Wildman–Crippen LogP) is 4.45. The van der Waals surface area contributed by atoms with Crippen molar-refractivity contribution in [3.8, 4) is 11.5 Å². The molecule has 2 aromatic rings. The summed E-state index contributed by atoms with van der Waals surface area (Å²) < 4.78 is 11.4. The molecule has 0 saturated heterocycles. The van der Waals surface area contributed by atoms with Gasteiger partial charge in [-0.3, -0.25) is 0 Å². The van der Waals surface area contributed by atoms with Crippen molar-refractivity contribution in [2.24, 2.45) is 0 Å². The molecule has 0 fully saturated rings. The standard InChI is InChI=1S/C21H28N2O2/c1-14-15(2)21(25-5)17(16(3)20(14)24-4)9-8-12-23-13-22-18-10-6-7-11-19(18)23/h6-7,10-11,22H,8-9,12-13H2,1-5H3. The average Bonchev–Trinajstić information content (AvgIpc) is 3.03. The van der Waals surface area contributed by atoms with Crippen molar-refractivity contribution in [3.63, 3.8) is 0 Å². The number of benzene rings is 2. The van der Waals surface area contributed by atoms with Crippen LogP contribution in [0, 0.1) is 20.8 Å². The fourth-order valence-electron chi connectivity index (χ4n) is 3.85. The number of hydrogen-bond donors (Lipinski definition) is 1. The van der Waals surface area contributed by atoms with Gasteiger partial charge < -0.3 is 19.7 Å².